The van der Waals surface area contributed by atoms with Gasteiger partial charge in [0.15, 0.2) is 10.9 Å². The third kappa shape index (κ3) is 6.95. The number of benzene rings is 1. The fourth-order valence-corrected chi connectivity index (χ4v) is 3.64. The molecule has 0 atom stereocenters. The van der Waals surface area contributed by atoms with Gasteiger partial charge in [-0.3, -0.25) is 9.59 Å². The van der Waals surface area contributed by atoms with Crippen LogP contribution in [0.3, 0.4) is 0 Å². The molecule has 8 heteroatoms. The van der Waals surface area contributed by atoms with E-state index in [9.17, 15) is 9.59 Å². The molecule has 0 radical (unpaired) electrons. The van der Waals surface area contributed by atoms with Gasteiger partial charge in [0.2, 0.25) is 11.8 Å². The number of rotatable bonds is 9. The summed E-state index contributed by atoms with van der Waals surface area (Å²) in [5, 5.41) is 7.84. The van der Waals surface area contributed by atoms with Gasteiger partial charge in [-0.2, -0.15) is 0 Å². The normalized spacial score (nSPS) is 11.2. The second-order valence-electron chi connectivity index (χ2n) is 8.49. The summed E-state index contributed by atoms with van der Waals surface area (Å²) in [6.07, 6.45) is 0.951. The molecule has 32 heavy (non-hydrogen) atoms. The van der Waals surface area contributed by atoms with Crippen molar-refractivity contribution in [3.63, 3.8) is 0 Å². The Balaban J connectivity index is 1.41. The molecule has 0 aliphatic carbocycles. The lowest BCUT2D eigenvalue weighted by molar-refractivity contribution is -0.119. The Kier molecular flexibility index (Phi) is 7.69. The number of furan rings is 1. The van der Waals surface area contributed by atoms with E-state index in [1.165, 1.54) is 23.8 Å². The van der Waals surface area contributed by atoms with Crippen molar-refractivity contribution in [2.75, 3.05) is 11.9 Å². The van der Waals surface area contributed by atoms with E-state index in [-0.39, 0.29) is 17.2 Å². The van der Waals surface area contributed by atoms with E-state index in [0.29, 0.717) is 48.3 Å². The average Bonchev–Trinajstić information content (AvgIpc) is 3.39. The zero-order valence-corrected chi connectivity index (χ0v) is 19.7. The highest BCUT2D eigenvalue weighted by atomic mass is 32.1. The lowest BCUT2D eigenvalue weighted by Gasteiger charge is -2.19. The number of carbonyl (C=O) groups excluding carboxylic acids is 2. The molecule has 0 saturated heterocycles. The van der Waals surface area contributed by atoms with Crippen LogP contribution in [0.1, 0.15) is 51.9 Å². The molecule has 0 fully saturated rings. The number of amides is 2. The van der Waals surface area contributed by atoms with E-state index in [0.717, 1.165) is 5.75 Å². The second kappa shape index (κ2) is 10.5. The third-order valence-corrected chi connectivity index (χ3v) is 5.47. The van der Waals surface area contributed by atoms with E-state index in [1.54, 1.807) is 12.1 Å². The van der Waals surface area contributed by atoms with Gasteiger partial charge in [0, 0.05) is 18.7 Å². The Bertz CT molecular complexity index is 1050. The van der Waals surface area contributed by atoms with Gasteiger partial charge < -0.3 is 19.8 Å². The SMILES string of the molecule is CC(=O)NCc1ccc(-c2csc(NC(=O)CCCOc3ccc(C(C)(C)C)cc3)n2)o1. The minimum Gasteiger partial charge on any atom is -0.494 e. The first kappa shape index (κ1) is 23.5. The minimum absolute atomic E-state index is 0.108. The Morgan fingerprint density at radius 1 is 1.12 bits per heavy atom. The monoisotopic (exact) mass is 455 g/mol. The molecule has 0 aliphatic heterocycles. The van der Waals surface area contributed by atoms with Crippen molar-refractivity contribution < 1.29 is 18.7 Å². The van der Waals surface area contributed by atoms with E-state index in [1.807, 2.05) is 17.5 Å². The number of anilines is 1. The van der Waals surface area contributed by atoms with Crippen LogP contribution in [-0.2, 0) is 21.5 Å². The van der Waals surface area contributed by atoms with Crippen LogP contribution >= 0.6 is 11.3 Å². The van der Waals surface area contributed by atoms with Crippen LogP contribution in [0.4, 0.5) is 5.13 Å². The lowest BCUT2D eigenvalue weighted by Crippen LogP contribution is -2.18. The zero-order valence-electron chi connectivity index (χ0n) is 18.9. The molecule has 0 saturated carbocycles. The molecule has 0 unspecified atom stereocenters. The number of thiazole rings is 1. The number of hydrogen-bond donors (Lipinski definition) is 2. The standard InChI is InChI=1S/C24H29N3O4S/c1-16(28)25-14-19-11-12-21(31-19)20-15-32-23(26-20)27-22(29)6-5-13-30-18-9-7-17(8-10-18)24(2,3)4/h7-12,15H,5-6,13-14H2,1-4H3,(H,25,28)(H,26,27,29). The van der Waals surface area contributed by atoms with Gasteiger partial charge in [-0.1, -0.05) is 32.9 Å². The van der Waals surface area contributed by atoms with E-state index < -0.39 is 0 Å². The molecule has 0 spiro atoms. The van der Waals surface area contributed by atoms with Gasteiger partial charge in [-0.25, -0.2) is 4.98 Å². The summed E-state index contributed by atoms with van der Waals surface area (Å²) in [5.74, 6) is 1.81. The van der Waals surface area contributed by atoms with Crippen molar-refractivity contribution in [1.29, 1.82) is 0 Å². The van der Waals surface area contributed by atoms with Gasteiger partial charge in [0.25, 0.3) is 0 Å². The van der Waals surface area contributed by atoms with Crippen molar-refractivity contribution in [3.05, 3.63) is 53.1 Å². The maximum absolute atomic E-state index is 12.2. The van der Waals surface area contributed by atoms with E-state index in [4.69, 9.17) is 9.15 Å². The van der Waals surface area contributed by atoms with Gasteiger partial charge in [0.1, 0.15) is 17.2 Å². The summed E-state index contributed by atoms with van der Waals surface area (Å²) >= 11 is 1.34. The highest BCUT2D eigenvalue weighted by molar-refractivity contribution is 7.14. The summed E-state index contributed by atoms with van der Waals surface area (Å²) < 4.78 is 11.4. The largest absolute Gasteiger partial charge is 0.494 e. The molecular weight excluding hydrogens is 426 g/mol. The summed E-state index contributed by atoms with van der Waals surface area (Å²) in [4.78, 5) is 27.6. The van der Waals surface area contributed by atoms with Gasteiger partial charge >= 0.3 is 0 Å². The number of hydrogen-bond acceptors (Lipinski definition) is 6. The van der Waals surface area contributed by atoms with E-state index in [2.05, 4.69) is 48.5 Å². The quantitative estimate of drug-likeness (QED) is 0.436. The van der Waals surface area contributed by atoms with Crippen molar-refractivity contribution in [3.8, 4) is 17.2 Å². The Morgan fingerprint density at radius 3 is 2.56 bits per heavy atom. The number of ether oxygens (including phenoxy) is 1. The molecule has 2 aromatic heterocycles. The topological polar surface area (TPSA) is 93.5 Å². The Morgan fingerprint density at radius 2 is 1.88 bits per heavy atom. The molecule has 1 aromatic carbocycles. The summed E-state index contributed by atoms with van der Waals surface area (Å²) in [5.41, 5.74) is 2.00. The second-order valence-corrected chi connectivity index (χ2v) is 9.35. The molecule has 2 amide bonds. The molecule has 3 aromatic rings. The van der Waals surface area contributed by atoms with Crippen molar-refractivity contribution in [1.82, 2.24) is 10.3 Å². The summed E-state index contributed by atoms with van der Waals surface area (Å²) in [7, 11) is 0. The fourth-order valence-electron chi connectivity index (χ4n) is 2.92. The average molecular weight is 456 g/mol. The number of nitrogens with zero attached hydrogens (tertiary/aromatic N) is 1. The molecule has 0 bridgehead atoms. The molecule has 2 heterocycles. The molecule has 2 N–H and O–H groups in total. The molecule has 170 valence electrons. The maximum atomic E-state index is 12.2. The Labute approximate surface area is 192 Å². The summed E-state index contributed by atoms with van der Waals surface area (Å²) in [6, 6.07) is 11.7. The third-order valence-electron chi connectivity index (χ3n) is 4.71. The van der Waals surface area contributed by atoms with Gasteiger partial charge in [-0.15, -0.1) is 11.3 Å². The zero-order chi connectivity index (χ0) is 23.1. The van der Waals surface area contributed by atoms with Crippen LogP contribution < -0.4 is 15.4 Å². The predicted molar refractivity (Wildman–Crippen MR) is 126 cm³/mol. The van der Waals surface area contributed by atoms with Crippen molar-refractivity contribution >= 4 is 28.3 Å². The van der Waals surface area contributed by atoms with Crippen LogP contribution in [0.2, 0.25) is 0 Å². The maximum Gasteiger partial charge on any atom is 0.226 e. The highest BCUT2D eigenvalue weighted by Crippen LogP contribution is 2.27. The number of carbonyl (C=O) groups is 2. The smallest absolute Gasteiger partial charge is 0.226 e. The Hall–Kier alpha value is -3.13. The minimum atomic E-state index is -0.120. The lowest BCUT2D eigenvalue weighted by atomic mass is 9.87. The first-order valence-corrected chi connectivity index (χ1v) is 11.4. The van der Waals surface area contributed by atoms with Crippen LogP contribution in [0.25, 0.3) is 11.5 Å². The highest BCUT2D eigenvalue weighted by Gasteiger charge is 2.13. The van der Waals surface area contributed by atoms with Crippen molar-refractivity contribution in [2.45, 2.75) is 52.5 Å². The van der Waals surface area contributed by atoms with Gasteiger partial charge in [0.05, 0.1) is 13.2 Å². The molecule has 7 nitrogen and oxygen atoms in total. The molecule has 3 rings (SSSR count). The first-order chi connectivity index (χ1) is 15.2. The van der Waals surface area contributed by atoms with E-state index >= 15 is 0 Å². The fraction of sp³-hybridized carbons (Fsp3) is 0.375. The first-order valence-electron chi connectivity index (χ1n) is 10.5. The van der Waals surface area contributed by atoms with Crippen LogP contribution in [-0.4, -0.2) is 23.4 Å². The molecule has 0 aliphatic rings. The predicted octanol–water partition coefficient (Wildman–Crippen LogP) is 5.13. The van der Waals surface area contributed by atoms with Gasteiger partial charge in [-0.05, 0) is 41.7 Å². The number of aromatic nitrogens is 1. The van der Waals surface area contributed by atoms with Crippen LogP contribution in [0.5, 0.6) is 5.75 Å². The van der Waals surface area contributed by atoms with Crippen LogP contribution in [0.15, 0.2) is 46.2 Å². The van der Waals surface area contributed by atoms with Crippen molar-refractivity contribution in [2.24, 2.45) is 0 Å². The summed E-state index contributed by atoms with van der Waals surface area (Å²) in [6.45, 7) is 8.77. The molecular formula is C24H29N3O4S. The van der Waals surface area contributed by atoms with Crippen LogP contribution in [0, 0.1) is 0 Å². The number of nitrogens with one attached hydrogen (secondary N) is 2.